The highest BCUT2D eigenvalue weighted by Crippen LogP contribution is 2.18. The van der Waals surface area contributed by atoms with E-state index in [0.717, 1.165) is 28.2 Å². The molecule has 3 aromatic heterocycles. The van der Waals surface area contributed by atoms with Crippen LogP contribution in [0.5, 0.6) is 0 Å². The third kappa shape index (κ3) is 2.12. The molecule has 6 heteroatoms. The number of aromatic nitrogens is 5. The van der Waals surface area contributed by atoms with Crippen LogP contribution >= 0.6 is 0 Å². The first-order valence-electron chi connectivity index (χ1n) is 6.06. The normalized spacial score (nSPS) is 10.8. The molecule has 0 aliphatic heterocycles. The molecule has 6 nitrogen and oxygen atoms in total. The van der Waals surface area contributed by atoms with Crippen molar-refractivity contribution in [1.82, 2.24) is 25.1 Å². The minimum Gasteiger partial charge on any atom is -0.365 e. The zero-order valence-electron chi connectivity index (χ0n) is 10.8. The zero-order chi connectivity index (χ0) is 13.2. The van der Waals surface area contributed by atoms with Gasteiger partial charge >= 0.3 is 0 Å². The molecule has 3 aromatic rings. The van der Waals surface area contributed by atoms with E-state index in [1.54, 1.807) is 6.20 Å². The van der Waals surface area contributed by atoms with Crippen LogP contribution in [0.2, 0.25) is 0 Å². The van der Waals surface area contributed by atoms with Gasteiger partial charge in [0.15, 0.2) is 5.65 Å². The van der Waals surface area contributed by atoms with Crippen molar-refractivity contribution in [3.8, 4) is 0 Å². The van der Waals surface area contributed by atoms with Crippen LogP contribution in [0, 0.1) is 13.8 Å². The molecule has 3 heterocycles. The summed E-state index contributed by atoms with van der Waals surface area (Å²) in [6.45, 7) is 4.67. The van der Waals surface area contributed by atoms with E-state index in [1.807, 2.05) is 26.0 Å². The summed E-state index contributed by atoms with van der Waals surface area (Å²) >= 11 is 0. The number of pyridine rings is 1. The largest absolute Gasteiger partial charge is 0.365 e. The Kier molecular flexibility index (Phi) is 2.83. The first-order chi connectivity index (χ1) is 9.25. The van der Waals surface area contributed by atoms with Gasteiger partial charge in [-0.3, -0.25) is 5.10 Å². The molecule has 0 amide bonds. The van der Waals surface area contributed by atoms with Gasteiger partial charge in [-0.25, -0.2) is 15.0 Å². The van der Waals surface area contributed by atoms with Crippen LogP contribution in [-0.4, -0.2) is 25.1 Å². The van der Waals surface area contributed by atoms with Gasteiger partial charge in [0.1, 0.15) is 12.1 Å². The molecule has 0 saturated carbocycles. The Morgan fingerprint density at radius 2 is 2.11 bits per heavy atom. The van der Waals surface area contributed by atoms with E-state index in [9.17, 15) is 0 Å². The average Bonchev–Trinajstić information content (AvgIpc) is 2.76. The van der Waals surface area contributed by atoms with Crippen molar-refractivity contribution in [1.29, 1.82) is 0 Å². The number of nitrogens with one attached hydrogen (secondary N) is 2. The molecule has 0 radical (unpaired) electrons. The van der Waals surface area contributed by atoms with Gasteiger partial charge in [0.05, 0.1) is 11.1 Å². The summed E-state index contributed by atoms with van der Waals surface area (Å²) in [5.74, 6) is 0.790. The SMILES string of the molecule is Cc1n[nH]c(C)c1CNc1ncnc2ncccc12. The summed E-state index contributed by atoms with van der Waals surface area (Å²) in [4.78, 5) is 12.6. The first-order valence-corrected chi connectivity index (χ1v) is 6.06. The maximum absolute atomic E-state index is 4.27. The van der Waals surface area contributed by atoms with Crippen molar-refractivity contribution in [2.45, 2.75) is 20.4 Å². The quantitative estimate of drug-likeness (QED) is 0.747. The van der Waals surface area contributed by atoms with Crippen LogP contribution in [0.25, 0.3) is 11.0 Å². The lowest BCUT2D eigenvalue weighted by molar-refractivity contribution is 1.02. The maximum Gasteiger partial charge on any atom is 0.164 e. The van der Waals surface area contributed by atoms with Gasteiger partial charge in [0.2, 0.25) is 0 Å². The van der Waals surface area contributed by atoms with E-state index < -0.39 is 0 Å². The number of anilines is 1. The number of rotatable bonds is 3. The fraction of sp³-hybridized carbons (Fsp3) is 0.231. The number of nitrogens with zero attached hydrogens (tertiary/aromatic N) is 4. The lowest BCUT2D eigenvalue weighted by atomic mass is 10.2. The Morgan fingerprint density at radius 1 is 1.21 bits per heavy atom. The average molecular weight is 254 g/mol. The third-order valence-corrected chi connectivity index (χ3v) is 3.12. The van der Waals surface area contributed by atoms with Crippen LogP contribution < -0.4 is 5.32 Å². The summed E-state index contributed by atoms with van der Waals surface area (Å²) in [5, 5.41) is 11.4. The maximum atomic E-state index is 4.27. The highest BCUT2D eigenvalue weighted by atomic mass is 15.1. The summed E-state index contributed by atoms with van der Waals surface area (Å²) in [7, 11) is 0. The first kappa shape index (κ1) is 11.6. The van der Waals surface area contributed by atoms with Crippen LogP contribution in [0.1, 0.15) is 17.0 Å². The highest BCUT2D eigenvalue weighted by molar-refractivity contribution is 5.85. The Labute approximate surface area is 110 Å². The van der Waals surface area contributed by atoms with Crippen LogP contribution in [0.4, 0.5) is 5.82 Å². The number of H-pyrrole nitrogens is 1. The molecule has 0 spiro atoms. The molecule has 2 N–H and O–H groups in total. The van der Waals surface area contributed by atoms with Gasteiger partial charge in [0.25, 0.3) is 0 Å². The van der Waals surface area contributed by atoms with E-state index in [4.69, 9.17) is 0 Å². The Bertz CT molecular complexity index is 693. The minimum atomic E-state index is 0.676. The third-order valence-electron chi connectivity index (χ3n) is 3.12. The van der Waals surface area contributed by atoms with Crippen LogP contribution in [0.3, 0.4) is 0 Å². The predicted octanol–water partition coefficient (Wildman–Crippen LogP) is 1.98. The van der Waals surface area contributed by atoms with Gasteiger partial charge in [-0.1, -0.05) is 0 Å². The summed E-state index contributed by atoms with van der Waals surface area (Å²) < 4.78 is 0. The lowest BCUT2D eigenvalue weighted by Crippen LogP contribution is -2.04. The van der Waals surface area contributed by atoms with Crippen molar-refractivity contribution in [2.24, 2.45) is 0 Å². The van der Waals surface area contributed by atoms with Crippen molar-refractivity contribution >= 4 is 16.9 Å². The summed E-state index contributed by atoms with van der Waals surface area (Å²) in [6.07, 6.45) is 3.25. The summed E-state index contributed by atoms with van der Waals surface area (Å²) in [6, 6.07) is 3.84. The number of aromatic amines is 1. The number of aryl methyl sites for hydroxylation is 2. The van der Waals surface area contributed by atoms with E-state index in [1.165, 1.54) is 6.33 Å². The van der Waals surface area contributed by atoms with Crippen molar-refractivity contribution in [3.05, 3.63) is 41.6 Å². The Hall–Kier alpha value is -2.50. The van der Waals surface area contributed by atoms with Crippen molar-refractivity contribution in [3.63, 3.8) is 0 Å². The van der Waals surface area contributed by atoms with Gasteiger partial charge in [0, 0.05) is 24.0 Å². The van der Waals surface area contributed by atoms with Gasteiger partial charge in [-0.15, -0.1) is 0 Å². The fourth-order valence-corrected chi connectivity index (χ4v) is 2.04. The second kappa shape index (κ2) is 4.64. The molecule has 0 aromatic carbocycles. The number of hydrogen-bond donors (Lipinski definition) is 2. The fourth-order valence-electron chi connectivity index (χ4n) is 2.04. The second-order valence-corrected chi connectivity index (χ2v) is 4.36. The van der Waals surface area contributed by atoms with E-state index in [2.05, 4.69) is 30.5 Å². The Morgan fingerprint density at radius 3 is 2.89 bits per heavy atom. The second-order valence-electron chi connectivity index (χ2n) is 4.36. The zero-order valence-corrected chi connectivity index (χ0v) is 10.8. The molecule has 0 fully saturated rings. The smallest absolute Gasteiger partial charge is 0.164 e. The predicted molar refractivity (Wildman–Crippen MR) is 72.7 cm³/mol. The molecular weight excluding hydrogens is 240 g/mol. The standard InChI is InChI=1S/C13H14N6/c1-8-11(9(2)19-18-8)6-15-13-10-4-3-5-14-12(10)16-7-17-13/h3-5,7H,6H2,1-2H3,(H,18,19)(H,14,15,16,17). The Balaban J connectivity index is 1.90. The van der Waals surface area contributed by atoms with Gasteiger partial charge < -0.3 is 5.32 Å². The van der Waals surface area contributed by atoms with E-state index >= 15 is 0 Å². The van der Waals surface area contributed by atoms with E-state index in [0.29, 0.717) is 12.2 Å². The van der Waals surface area contributed by atoms with E-state index in [-0.39, 0.29) is 0 Å². The van der Waals surface area contributed by atoms with Crippen molar-refractivity contribution in [2.75, 3.05) is 5.32 Å². The number of hydrogen-bond acceptors (Lipinski definition) is 5. The monoisotopic (exact) mass is 254 g/mol. The molecule has 3 rings (SSSR count). The van der Waals surface area contributed by atoms with Crippen molar-refractivity contribution < 1.29 is 0 Å². The molecule has 19 heavy (non-hydrogen) atoms. The van der Waals surface area contributed by atoms with Gasteiger partial charge in [-0.2, -0.15) is 5.10 Å². The topological polar surface area (TPSA) is 79.4 Å². The highest BCUT2D eigenvalue weighted by Gasteiger charge is 2.08. The van der Waals surface area contributed by atoms with Crippen LogP contribution in [-0.2, 0) is 6.54 Å². The molecule has 0 bridgehead atoms. The molecule has 0 atom stereocenters. The minimum absolute atomic E-state index is 0.676. The molecule has 0 aliphatic carbocycles. The molecular formula is C13H14N6. The summed E-state index contributed by atoms with van der Waals surface area (Å²) in [5.41, 5.74) is 3.93. The molecule has 0 saturated heterocycles. The lowest BCUT2D eigenvalue weighted by Gasteiger charge is -2.07. The molecule has 0 unspecified atom stereocenters. The van der Waals surface area contributed by atoms with Gasteiger partial charge in [-0.05, 0) is 26.0 Å². The molecule has 96 valence electrons. The van der Waals surface area contributed by atoms with Crippen LogP contribution in [0.15, 0.2) is 24.7 Å². The molecule has 0 aliphatic rings. The number of fused-ring (bicyclic) bond motifs is 1.